The van der Waals surface area contributed by atoms with Crippen molar-refractivity contribution in [2.45, 2.75) is 20.5 Å². The van der Waals surface area contributed by atoms with E-state index in [-0.39, 0.29) is 11.5 Å². The smallest absolute Gasteiger partial charge is 0.349 e. The third-order valence-corrected chi connectivity index (χ3v) is 3.08. The second-order valence-corrected chi connectivity index (χ2v) is 4.84. The van der Waals surface area contributed by atoms with E-state index in [9.17, 15) is 4.79 Å². The summed E-state index contributed by atoms with van der Waals surface area (Å²) in [6, 6.07) is 3.46. The molecule has 90 valence electrons. The first-order valence-electron chi connectivity index (χ1n) is 4.95. The highest BCUT2D eigenvalue weighted by Gasteiger charge is 2.15. The van der Waals surface area contributed by atoms with Crippen molar-refractivity contribution < 1.29 is 19.2 Å². The van der Waals surface area contributed by atoms with Gasteiger partial charge in [-0.05, 0) is 19.9 Å². The number of carboxylic acid groups (broad SMARTS) is 1. The van der Waals surface area contributed by atoms with Crippen molar-refractivity contribution in [1.29, 1.82) is 0 Å². The summed E-state index contributed by atoms with van der Waals surface area (Å²) in [4.78, 5) is 12.0. The molecule has 0 saturated carbocycles. The van der Waals surface area contributed by atoms with E-state index in [2.05, 4.69) is 5.16 Å². The fourth-order valence-electron chi connectivity index (χ4n) is 1.38. The number of thiophene rings is 1. The van der Waals surface area contributed by atoms with Crippen LogP contribution in [0.25, 0.3) is 0 Å². The number of nitrogens with zero attached hydrogens (tertiary/aromatic N) is 1. The van der Waals surface area contributed by atoms with E-state index in [0.29, 0.717) is 11.5 Å². The first kappa shape index (κ1) is 11.7. The lowest BCUT2D eigenvalue weighted by atomic mass is 10.4. The molecule has 0 aliphatic heterocycles. The highest BCUT2D eigenvalue weighted by molar-refractivity contribution is 7.14. The predicted octanol–water partition coefficient (Wildman–Crippen LogP) is 2.63. The third-order valence-electron chi connectivity index (χ3n) is 2.06. The molecule has 0 atom stereocenters. The molecular formula is C11H11NO4S. The maximum absolute atomic E-state index is 10.9. The molecule has 2 aromatic rings. The van der Waals surface area contributed by atoms with E-state index in [0.717, 1.165) is 10.6 Å². The van der Waals surface area contributed by atoms with Gasteiger partial charge in [0.05, 0.1) is 5.69 Å². The second-order valence-electron chi connectivity index (χ2n) is 3.58. The molecule has 6 heteroatoms. The van der Waals surface area contributed by atoms with Crippen molar-refractivity contribution in [3.8, 4) is 5.75 Å². The van der Waals surface area contributed by atoms with Crippen molar-refractivity contribution in [2.24, 2.45) is 0 Å². The van der Waals surface area contributed by atoms with Gasteiger partial charge in [-0.1, -0.05) is 5.16 Å². The fourth-order valence-corrected chi connectivity index (χ4v) is 2.17. The van der Waals surface area contributed by atoms with Gasteiger partial charge in [0.25, 0.3) is 0 Å². The molecule has 2 rings (SSSR count). The van der Waals surface area contributed by atoms with Crippen molar-refractivity contribution in [2.75, 3.05) is 0 Å². The lowest BCUT2D eigenvalue weighted by Crippen LogP contribution is -1.99. The van der Waals surface area contributed by atoms with Gasteiger partial charge in [-0.25, -0.2) is 4.79 Å². The number of aromatic carboxylic acids is 1. The summed E-state index contributed by atoms with van der Waals surface area (Å²) in [6.45, 7) is 3.82. The number of aryl methyl sites for hydroxylation is 2. The van der Waals surface area contributed by atoms with Crippen LogP contribution in [-0.2, 0) is 6.61 Å². The number of ether oxygens (including phenoxy) is 1. The molecule has 0 bridgehead atoms. The zero-order chi connectivity index (χ0) is 12.4. The molecule has 0 aliphatic carbocycles. The Morgan fingerprint density at radius 1 is 1.53 bits per heavy atom. The number of hydrogen-bond donors (Lipinski definition) is 1. The number of aromatic nitrogens is 1. The van der Waals surface area contributed by atoms with Gasteiger partial charge in [-0.2, -0.15) is 0 Å². The molecule has 0 aromatic carbocycles. The van der Waals surface area contributed by atoms with E-state index < -0.39 is 5.97 Å². The van der Waals surface area contributed by atoms with E-state index in [1.165, 1.54) is 11.3 Å². The molecule has 2 aromatic heterocycles. The van der Waals surface area contributed by atoms with E-state index in [1.807, 2.05) is 13.8 Å². The Morgan fingerprint density at radius 3 is 2.88 bits per heavy atom. The average Bonchev–Trinajstić information content (AvgIpc) is 2.82. The molecule has 0 amide bonds. The predicted molar refractivity (Wildman–Crippen MR) is 61.6 cm³/mol. The number of rotatable bonds is 4. The monoisotopic (exact) mass is 253 g/mol. The largest absolute Gasteiger partial charge is 0.484 e. The van der Waals surface area contributed by atoms with Gasteiger partial charge in [0.1, 0.15) is 12.4 Å². The lowest BCUT2D eigenvalue weighted by molar-refractivity contribution is 0.0697. The molecule has 0 saturated heterocycles. The molecule has 0 aliphatic rings. The second kappa shape index (κ2) is 4.58. The van der Waals surface area contributed by atoms with Crippen LogP contribution in [0.3, 0.4) is 0 Å². The maximum Gasteiger partial charge on any atom is 0.349 e. The van der Waals surface area contributed by atoms with Crippen LogP contribution in [-0.4, -0.2) is 16.2 Å². The van der Waals surface area contributed by atoms with E-state index in [4.69, 9.17) is 14.4 Å². The highest BCUT2D eigenvalue weighted by Crippen LogP contribution is 2.29. The molecule has 0 unspecified atom stereocenters. The van der Waals surface area contributed by atoms with Gasteiger partial charge in [-0.3, -0.25) is 0 Å². The highest BCUT2D eigenvalue weighted by atomic mass is 32.1. The van der Waals surface area contributed by atoms with Crippen molar-refractivity contribution in [3.05, 3.63) is 33.3 Å². The average molecular weight is 253 g/mol. The van der Waals surface area contributed by atoms with Gasteiger partial charge in [0.2, 0.25) is 0 Å². The summed E-state index contributed by atoms with van der Waals surface area (Å²) in [7, 11) is 0. The Labute approximate surface area is 102 Å². The van der Waals surface area contributed by atoms with Crippen molar-refractivity contribution >= 4 is 17.3 Å². The summed E-state index contributed by atoms with van der Waals surface area (Å²) in [5, 5.41) is 12.7. The van der Waals surface area contributed by atoms with Crippen LogP contribution in [0.5, 0.6) is 5.75 Å². The maximum atomic E-state index is 10.9. The Kier molecular flexibility index (Phi) is 3.14. The Morgan fingerprint density at radius 2 is 2.29 bits per heavy atom. The van der Waals surface area contributed by atoms with Crippen LogP contribution in [0, 0.1) is 13.8 Å². The van der Waals surface area contributed by atoms with Gasteiger partial charge >= 0.3 is 5.97 Å². The minimum absolute atomic E-state index is 0.178. The lowest BCUT2D eigenvalue weighted by Gasteiger charge is -2.01. The standard InChI is InChI=1S/C11H11NO4S/c1-6-3-8(16-12-6)5-15-9-4-7(2)17-10(9)11(13)14/h3-4H,5H2,1-2H3,(H,13,14). The quantitative estimate of drug-likeness (QED) is 0.906. The zero-order valence-electron chi connectivity index (χ0n) is 9.39. The normalized spacial score (nSPS) is 10.5. The molecule has 5 nitrogen and oxygen atoms in total. The summed E-state index contributed by atoms with van der Waals surface area (Å²) in [5.41, 5.74) is 0.767. The van der Waals surface area contributed by atoms with Crippen LogP contribution in [0.2, 0.25) is 0 Å². The third kappa shape index (κ3) is 2.65. The van der Waals surface area contributed by atoms with Crippen LogP contribution in [0.15, 0.2) is 16.7 Å². The van der Waals surface area contributed by atoms with Crippen LogP contribution < -0.4 is 4.74 Å². The minimum atomic E-state index is -0.980. The van der Waals surface area contributed by atoms with Crippen LogP contribution in [0.4, 0.5) is 0 Å². The molecule has 1 N–H and O–H groups in total. The first-order valence-corrected chi connectivity index (χ1v) is 5.76. The fraction of sp³-hybridized carbons (Fsp3) is 0.273. The molecule has 0 spiro atoms. The molecular weight excluding hydrogens is 242 g/mol. The topological polar surface area (TPSA) is 72.6 Å². The number of carbonyl (C=O) groups is 1. The molecule has 0 radical (unpaired) electrons. The van der Waals surface area contributed by atoms with E-state index >= 15 is 0 Å². The zero-order valence-corrected chi connectivity index (χ0v) is 10.2. The summed E-state index contributed by atoms with van der Waals surface area (Å²) < 4.78 is 10.4. The summed E-state index contributed by atoms with van der Waals surface area (Å²) in [5.74, 6) is -0.0383. The van der Waals surface area contributed by atoms with Crippen LogP contribution >= 0.6 is 11.3 Å². The molecule has 2 heterocycles. The first-order chi connectivity index (χ1) is 8.06. The minimum Gasteiger partial charge on any atom is -0.484 e. The van der Waals surface area contributed by atoms with Gasteiger partial charge in [0, 0.05) is 10.9 Å². The Balaban J connectivity index is 2.11. The molecule has 0 fully saturated rings. The SMILES string of the molecule is Cc1cc(COc2cc(C)sc2C(=O)O)on1. The Bertz CT molecular complexity index is 543. The number of hydrogen-bond acceptors (Lipinski definition) is 5. The van der Waals surface area contributed by atoms with Gasteiger partial charge in [0.15, 0.2) is 10.6 Å². The summed E-state index contributed by atoms with van der Waals surface area (Å²) >= 11 is 1.19. The van der Waals surface area contributed by atoms with Gasteiger partial charge in [-0.15, -0.1) is 11.3 Å². The van der Waals surface area contributed by atoms with Crippen molar-refractivity contribution in [3.63, 3.8) is 0 Å². The Hall–Kier alpha value is -1.82. The van der Waals surface area contributed by atoms with Gasteiger partial charge < -0.3 is 14.4 Å². The molecule has 17 heavy (non-hydrogen) atoms. The number of carboxylic acids is 1. The van der Waals surface area contributed by atoms with Crippen molar-refractivity contribution in [1.82, 2.24) is 5.16 Å². The van der Waals surface area contributed by atoms with E-state index in [1.54, 1.807) is 12.1 Å². The summed E-state index contributed by atoms with van der Waals surface area (Å²) in [6.07, 6.45) is 0. The van der Waals surface area contributed by atoms with Crippen LogP contribution in [0.1, 0.15) is 26.0 Å².